The lowest BCUT2D eigenvalue weighted by Gasteiger charge is -2.15. The lowest BCUT2D eigenvalue weighted by molar-refractivity contribution is 0.0690. The van der Waals surface area contributed by atoms with Crippen molar-refractivity contribution in [2.24, 2.45) is 0 Å². The topological polar surface area (TPSA) is 50.2 Å². The zero-order chi connectivity index (χ0) is 11.6. The van der Waals surface area contributed by atoms with E-state index in [9.17, 15) is 4.79 Å². The summed E-state index contributed by atoms with van der Waals surface area (Å²) in [5.41, 5.74) is 0.199. The first-order valence-electron chi connectivity index (χ1n) is 4.63. The highest BCUT2D eigenvalue weighted by atomic mass is 32.2. The first kappa shape index (κ1) is 12.5. The highest BCUT2D eigenvalue weighted by molar-refractivity contribution is 7.99. The summed E-state index contributed by atoms with van der Waals surface area (Å²) < 4.78 is 0.183. The molecule has 0 spiro atoms. The van der Waals surface area contributed by atoms with E-state index in [1.807, 2.05) is 0 Å². The summed E-state index contributed by atoms with van der Waals surface area (Å²) in [6.07, 6.45) is 0. The van der Waals surface area contributed by atoms with Gasteiger partial charge in [-0.2, -0.15) is 0 Å². The Labute approximate surface area is 97.9 Å². The predicted octanol–water partition coefficient (Wildman–Crippen LogP) is 3.18. The maximum absolute atomic E-state index is 10.8. The van der Waals surface area contributed by atoms with Gasteiger partial charge in [0.25, 0.3) is 0 Å². The third-order valence-electron chi connectivity index (χ3n) is 1.67. The molecule has 0 aromatic carbocycles. The Balaban J connectivity index is 2.72. The molecule has 1 rings (SSSR count). The average molecular weight is 245 g/mol. The van der Waals surface area contributed by atoms with Crippen LogP contribution in [0.3, 0.4) is 0 Å². The highest BCUT2D eigenvalue weighted by Gasteiger charge is 2.16. The average Bonchev–Trinajstić information content (AvgIpc) is 2.42. The lowest BCUT2D eigenvalue weighted by atomic mass is 10.3. The van der Waals surface area contributed by atoms with Crippen LogP contribution in [0.4, 0.5) is 0 Å². The fourth-order valence-electron chi connectivity index (χ4n) is 0.990. The summed E-state index contributed by atoms with van der Waals surface area (Å²) in [5, 5.41) is 9.74. The van der Waals surface area contributed by atoms with E-state index < -0.39 is 5.97 Å². The maximum atomic E-state index is 10.8. The zero-order valence-electron chi connectivity index (χ0n) is 9.33. The molecular weight excluding hydrogens is 230 g/mol. The van der Waals surface area contributed by atoms with Gasteiger partial charge in [0.05, 0.1) is 0 Å². The van der Waals surface area contributed by atoms with Gasteiger partial charge in [-0.15, -0.1) is 23.1 Å². The molecule has 15 heavy (non-hydrogen) atoms. The smallest absolute Gasteiger partial charge is 0.355 e. The van der Waals surface area contributed by atoms with Crippen molar-refractivity contribution in [3.63, 3.8) is 0 Å². The number of hydrogen-bond acceptors (Lipinski definition) is 4. The minimum absolute atomic E-state index is 0.183. The van der Waals surface area contributed by atoms with Crippen LogP contribution in [-0.4, -0.2) is 20.8 Å². The second-order valence-electron chi connectivity index (χ2n) is 4.22. The van der Waals surface area contributed by atoms with Crippen molar-refractivity contribution in [2.75, 3.05) is 0 Å². The summed E-state index contributed by atoms with van der Waals surface area (Å²) in [6.45, 7) is 8.20. The molecular formula is C10H15NO2S2. The van der Waals surface area contributed by atoms with Crippen molar-refractivity contribution in [1.82, 2.24) is 4.98 Å². The summed E-state index contributed by atoms with van der Waals surface area (Å²) in [4.78, 5) is 15.7. The molecule has 84 valence electrons. The number of carbonyl (C=O) groups is 1. The van der Waals surface area contributed by atoms with E-state index in [0.717, 1.165) is 15.6 Å². The Morgan fingerprint density at radius 1 is 1.53 bits per heavy atom. The predicted molar refractivity (Wildman–Crippen MR) is 64.9 cm³/mol. The van der Waals surface area contributed by atoms with Crippen molar-refractivity contribution in [3.8, 4) is 0 Å². The van der Waals surface area contributed by atoms with E-state index in [-0.39, 0.29) is 10.4 Å². The van der Waals surface area contributed by atoms with Gasteiger partial charge in [0, 0.05) is 15.4 Å². The molecule has 0 atom stereocenters. The van der Waals surface area contributed by atoms with E-state index in [0.29, 0.717) is 0 Å². The van der Waals surface area contributed by atoms with Crippen LogP contribution in [0.25, 0.3) is 0 Å². The van der Waals surface area contributed by atoms with Crippen LogP contribution >= 0.6 is 23.1 Å². The number of hydrogen-bond donors (Lipinski definition) is 1. The Kier molecular flexibility index (Phi) is 3.78. The van der Waals surface area contributed by atoms with Gasteiger partial charge in [-0.1, -0.05) is 20.8 Å². The molecule has 1 aromatic heterocycles. The summed E-state index contributed by atoms with van der Waals surface area (Å²) in [6, 6.07) is 0. The van der Waals surface area contributed by atoms with Crippen LogP contribution in [0, 0.1) is 6.92 Å². The molecule has 3 nitrogen and oxygen atoms in total. The van der Waals surface area contributed by atoms with Crippen LogP contribution in [-0.2, 0) is 5.75 Å². The Morgan fingerprint density at radius 3 is 2.53 bits per heavy atom. The number of carboxylic acid groups (broad SMARTS) is 1. The van der Waals surface area contributed by atoms with Crippen LogP contribution in [0.1, 0.15) is 41.1 Å². The molecule has 0 aliphatic carbocycles. The van der Waals surface area contributed by atoms with Crippen molar-refractivity contribution in [3.05, 3.63) is 15.6 Å². The molecule has 5 heteroatoms. The number of aromatic nitrogens is 1. The quantitative estimate of drug-likeness (QED) is 0.888. The maximum Gasteiger partial charge on any atom is 0.355 e. The molecule has 0 fully saturated rings. The summed E-state index contributed by atoms with van der Waals surface area (Å²) in [5.74, 6) is -0.154. The summed E-state index contributed by atoms with van der Waals surface area (Å²) >= 11 is 3.25. The van der Waals surface area contributed by atoms with Gasteiger partial charge in [-0.3, -0.25) is 0 Å². The number of aromatic carboxylic acids is 1. The number of thiazole rings is 1. The molecule has 0 radical (unpaired) electrons. The van der Waals surface area contributed by atoms with Crippen molar-refractivity contribution < 1.29 is 9.90 Å². The van der Waals surface area contributed by atoms with E-state index in [1.165, 1.54) is 11.3 Å². The van der Waals surface area contributed by atoms with Crippen LogP contribution in [0.2, 0.25) is 0 Å². The van der Waals surface area contributed by atoms with E-state index >= 15 is 0 Å². The van der Waals surface area contributed by atoms with E-state index in [1.54, 1.807) is 18.7 Å². The molecule has 0 saturated carbocycles. The normalized spacial score (nSPS) is 11.7. The molecule has 0 aliphatic heterocycles. The first-order chi connectivity index (χ1) is 6.79. The van der Waals surface area contributed by atoms with E-state index in [4.69, 9.17) is 5.11 Å². The van der Waals surface area contributed by atoms with Crippen LogP contribution < -0.4 is 0 Å². The van der Waals surface area contributed by atoms with Gasteiger partial charge in [-0.05, 0) is 6.92 Å². The van der Waals surface area contributed by atoms with Gasteiger partial charge < -0.3 is 5.11 Å². The van der Waals surface area contributed by atoms with Crippen molar-refractivity contribution in [1.29, 1.82) is 0 Å². The standard InChI is InChI=1S/C10H15NO2S2/c1-6-8(9(12)13)11-7(15-6)5-14-10(2,3)4/h5H2,1-4H3,(H,12,13). The minimum atomic E-state index is -0.934. The Morgan fingerprint density at radius 2 is 2.13 bits per heavy atom. The van der Waals surface area contributed by atoms with Crippen molar-refractivity contribution >= 4 is 29.1 Å². The molecule has 0 saturated heterocycles. The molecule has 0 amide bonds. The molecule has 0 bridgehead atoms. The van der Waals surface area contributed by atoms with E-state index in [2.05, 4.69) is 25.8 Å². The zero-order valence-corrected chi connectivity index (χ0v) is 11.0. The molecule has 1 heterocycles. The Hall–Kier alpha value is -0.550. The van der Waals surface area contributed by atoms with Crippen LogP contribution in [0.5, 0.6) is 0 Å². The lowest BCUT2D eigenvalue weighted by Crippen LogP contribution is -2.07. The largest absolute Gasteiger partial charge is 0.476 e. The second kappa shape index (κ2) is 4.53. The Bertz CT molecular complexity index is 366. The fourth-order valence-corrected chi connectivity index (χ4v) is 2.74. The second-order valence-corrected chi connectivity index (χ2v) is 7.31. The van der Waals surface area contributed by atoms with Gasteiger partial charge in [0.1, 0.15) is 5.01 Å². The number of carboxylic acids is 1. The number of thioether (sulfide) groups is 1. The van der Waals surface area contributed by atoms with Crippen molar-refractivity contribution in [2.45, 2.75) is 38.2 Å². The van der Waals surface area contributed by atoms with Gasteiger partial charge in [0.2, 0.25) is 0 Å². The summed E-state index contributed by atoms with van der Waals surface area (Å²) in [7, 11) is 0. The van der Waals surface area contributed by atoms with Gasteiger partial charge >= 0.3 is 5.97 Å². The molecule has 1 aromatic rings. The molecule has 1 N–H and O–H groups in total. The fraction of sp³-hybridized carbons (Fsp3) is 0.600. The number of nitrogens with zero attached hydrogens (tertiary/aromatic N) is 1. The van der Waals surface area contributed by atoms with Gasteiger partial charge in [0.15, 0.2) is 5.69 Å². The molecule has 0 aliphatic rings. The third kappa shape index (κ3) is 3.83. The number of aryl methyl sites for hydroxylation is 1. The SMILES string of the molecule is Cc1sc(CSC(C)(C)C)nc1C(=O)O. The number of rotatable bonds is 3. The molecule has 0 unspecified atom stereocenters. The third-order valence-corrected chi connectivity index (χ3v) is 4.11. The monoisotopic (exact) mass is 245 g/mol. The van der Waals surface area contributed by atoms with Gasteiger partial charge in [-0.25, -0.2) is 9.78 Å². The first-order valence-corrected chi connectivity index (χ1v) is 6.43. The van der Waals surface area contributed by atoms with Crippen LogP contribution in [0.15, 0.2) is 0 Å². The highest BCUT2D eigenvalue weighted by Crippen LogP contribution is 2.29. The minimum Gasteiger partial charge on any atom is -0.476 e.